The molecule has 6 heteroatoms. The zero-order chi connectivity index (χ0) is 12.8. The molecule has 3 N–H and O–H groups in total. The summed E-state index contributed by atoms with van der Waals surface area (Å²) in [5.41, 5.74) is 0.831. The molecule has 17 heavy (non-hydrogen) atoms. The van der Waals surface area contributed by atoms with Crippen LogP contribution in [0.2, 0.25) is 5.02 Å². The summed E-state index contributed by atoms with van der Waals surface area (Å²) in [7, 11) is 0. The number of nitriles is 1. The number of halogens is 1. The van der Waals surface area contributed by atoms with E-state index < -0.39 is 6.03 Å². The van der Waals surface area contributed by atoms with Crippen LogP contribution in [0.5, 0.6) is 0 Å². The van der Waals surface area contributed by atoms with Crippen LogP contribution in [0.4, 0.5) is 10.5 Å². The smallest absolute Gasteiger partial charge is 0.319 e. The molecule has 2 amide bonds. The minimum absolute atomic E-state index is 0.137. The number of urea groups is 1. The fraction of sp³-hybridized carbons (Fsp3) is 0.273. The highest BCUT2D eigenvalue weighted by Gasteiger charge is 2.07. The maximum Gasteiger partial charge on any atom is 0.319 e. The molecule has 1 rings (SSSR count). The number of nitrogens with zero attached hydrogens (tertiary/aromatic N) is 1. The highest BCUT2D eigenvalue weighted by molar-refractivity contribution is 6.32. The molecule has 0 heterocycles. The first-order valence-corrected chi connectivity index (χ1v) is 5.32. The molecule has 0 aliphatic rings. The summed E-state index contributed by atoms with van der Waals surface area (Å²) < 4.78 is 0. The zero-order valence-electron chi connectivity index (χ0n) is 9.20. The molecule has 0 bridgehead atoms. The second-order valence-corrected chi connectivity index (χ2v) is 3.90. The van der Waals surface area contributed by atoms with Gasteiger partial charge in [0.05, 0.1) is 23.2 Å². The van der Waals surface area contributed by atoms with E-state index in [4.69, 9.17) is 22.0 Å². The summed E-state index contributed by atoms with van der Waals surface area (Å²) in [6, 6.07) is 5.74. The van der Waals surface area contributed by atoms with E-state index in [1.165, 1.54) is 12.1 Å². The number of hydrogen-bond donors (Lipinski definition) is 3. The minimum Gasteiger partial charge on any atom is -0.394 e. The van der Waals surface area contributed by atoms with Gasteiger partial charge in [-0.1, -0.05) is 11.6 Å². The Kier molecular flexibility index (Phi) is 4.76. The van der Waals surface area contributed by atoms with Crippen LogP contribution in [0.3, 0.4) is 0 Å². The van der Waals surface area contributed by atoms with E-state index in [0.717, 1.165) is 0 Å². The lowest BCUT2D eigenvalue weighted by Gasteiger charge is -2.12. The lowest BCUT2D eigenvalue weighted by Crippen LogP contribution is -2.38. The summed E-state index contributed by atoms with van der Waals surface area (Å²) in [6.45, 7) is 1.53. The Hall–Kier alpha value is -1.77. The van der Waals surface area contributed by atoms with Gasteiger partial charge in [0.2, 0.25) is 0 Å². The van der Waals surface area contributed by atoms with Crippen molar-refractivity contribution in [1.82, 2.24) is 5.32 Å². The topological polar surface area (TPSA) is 85.2 Å². The molecule has 0 radical (unpaired) electrons. The van der Waals surface area contributed by atoms with Gasteiger partial charge < -0.3 is 15.7 Å². The van der Waals surface area contributed by atoms with Gasteiger partial charge in [-0.15, -0.1) is 0 Å². The van der Waals surface area contributed by atoms with Gasteiger partial charge >= 0.3 is 6.03 Å². The first kappa shape index (κ1) is 13.3. The monoisotopic (exact) mass is 253 g/mol. The van der Waals surface area contributed by atoms with Crippen molar-refractivity contribution < 1.29 is 9.90 Å². The van der Waals surface area contributed by atoms with Crippen LogP contribution in [-0.2, 0) is 0 Å². The number of aliphatic hydroxyl groups is 1. The van der Waals surface area contributed by atoms with Crippen LogP contribution in [0.1, 0.15) is 12.5 Å². The third-order valence-corrected chi connectivity index (χ3v) is 2.31. The van der Waals surface area contributed by atoms with Gasteiger partial charge in [0.1, 0.15) is 6.07 Å². The summed E-state index contributed by atoms with van der Waals surface area (Å²) >= 11 is 5.81. The van der Waals surface area contributed by atoms with Crippen molar-refractivity contribution in [3.8, 4) is 6.07 Å². The fourth-order valence-electron chi connectivity index (χ4n) is 1.12. The molecule has 0 unspecified atom stereocenters. The van der Waals surface area contributed by atoms with Gasteiger partial charge in [-0.05, 0) is 25.1 Å². The van der Waals surface area contributed by atoms with Crippen LogP contribution in [0, 0.1) is 11.3 Å². The number of rotatable bonds is 3. The quantitative estimate of drug-likeness (QED) is 0.767. The van der Waals surface area contributed by atoms with E-state index >= 15 is 0 Å². The van der Waals surface area contributed by atoms with Crippen molar-refractivity contribution in [3.05, 3.63) is 28.8 Å². The highest BCUT2D eigenvalue weighted by atomic mass is 35.5. The van der Waals surface area contributed by atoms with Crippen molar-refractivity contribution in [3.63, 3.8) is 0 Å². The third kappa shape index (κ3) is 3.94. The number of carbonyl (C=O) groups excluding carboxylic acids is 1. The van der Waals surface area contributed by atoms with Crippen molar-refractivity contribution in [2.24, 2.45) is 0 Å². The first-order chi connectivity index (χ1) is 8.06. The van der Waals surface area contributed by atoms with E-state index in [1.807, 2.05) is 6.07 Å². The maximum absolute atomic E-state index is 11.4. The zero-order valence-corrected chi connectivity index (χ0v) is 9.95. The number of benzene rings is 1. The molecular weight excluding hydrogens is 242 g/mol. The summed E-state index contributed by atoms with van der Waals surface area (Å²) in [6.07, 6.45) is 0. The predicted molar refractivity (Wildman–Crippen MR) is 64.9 cm³/mol. The Morgan fingerprint density at radius 1 is 1.65 bits per heavy atom. The van der Waals surface area contributed by atoms with Gasteiger partial charge in [0, 0.05) is 5.69 Å². The van der Waals surface area contributed by atoms with Crippen LogP contribution in [-0.4, -0.2) is 23.8 Å². The van der Waals surface area contributed by atoms with E-state index in [0.29, 0.717) is 11.3 Å². The molecule has 1 aromatic carbocycles. The SMILES string of the molecule is C[C@H](CO)NC(=O)Nc1ccc(C#N)c(Cl)c1. The molecule has 90 valence electrons. The van der Waals surface area contributed by atoms with Crippen LogP contribution >= 0.6 is 11.6 Å². The molecule has 0 saturated carbocycles. The molecule has 0 aliphatic heterocycles. The van der Waals surface area contributed by atoms with Gasteiger partial charge in [-0.3, -0.25) is 0 Å². The van der Waals surface area contributed by atoms with Crippen molar-refractivity contribution in [2.45, 2.75) is 13.0 Å². The Morgan fingerprint density at radius 2 is 2.35 bits per heavy atom. The van der Waals surface area contributed by atoms with Gasteiger partial charge in [-0.25, -0.2) is 4.79 Å². The molecule has 5 nitrogen and oxygen atoms in total. The molecule has 0 fully saturated rings. The van der Waals surface area contributed by atoms with Gasteiger partial charge in [-0.2, -0.15) is 5.26 Å². The molecule has 0 saturated heterocycles. The summed E-state index contributed by atoms with van der Waals surface area (Å²) in [5, 5.41) is 22.8. The lowest BCUT2D eigenvalue weighted by molar-refractivity contribution is 0.229. The van der Waals surface area contributed by atoms with E-state index in [-0.39, 0.29) is 17.7 Å². The number of hydrogen-bond acceptors (Lipinski definition) is 3. The fourth-order valence-corrected chi connectivity index (χ4v) is 1.34. The average Bonchev–Trinajstić information content (AvgIpc) is 2.29. The number of anilines is 1. The first-order valence-electron chi connectivity index (χ1n) is 4.95. The van der Waals surface area contributed by atoms with Crippen LogP contribution in [0.15, 0.2) is 18.2 Å². The third-order valence-electron chi connectivity index (χ3n) is 2.00. The Balaban J connectivity index is 2.67. The van der Waals surface area contributed by atoms with Crippen LogP contribution in [0.25, 0.3) is 0 Å². The van der Waals surface area contributed by atoms with Gasteiger partial charge in [0.25, 0.3) is 0 Å². The van der Waals surface area contributed by atoms with Gasteiger partial charge in [0.15, 0.2) is 0 Å². The van der Waals surface area contributed by atoms with E-state index in [2.05, 4.69) is 10.6 Å². The lowest BCUT2D eigenvalue weighted by atomic mass is 10.2. The van der Waals surface area contributed by atoms with Crippen molar-refractivity contribution in [1.29, 1.82) is 5.26 Å². The normalized spacial score (nSPS) is 11.4. The highest BCUT2D eigenvalue weighted by Crippen LogP contribution is 2.19. The second kappa shape index (κ2) is 6.09. The minimum atomic E-state index is -0.438. The van der Waals surface area contributed by atoms with E-state index in [9.17, 15) is 4.79 Å². The standard InChI is InChI=1S/C11H12ClN3O2/c1-7(6-16)14-11(17)15-9-3-2-8(5-13)10(12)4-9/h2-4,7,16H,6H2,1H3,(H2,14,15,17)/t7-/m1/s1. The van der Waals surface area contributed by atoms with Crippen molar-refractivity contribution in [2.75, 3.05) is 11.9 Å². The number of aliphatic hydroxyl groups excluding tert-OH is 1. The molecule has 0 aliphatic carbocycles. The molecule has 1 atom stereocenters. The Labute approximate surface area is 104 Å². The average molecular weight is 254 g/mol. The molecular formula is C11H12ClN3O2. The number of carbonyl (C=O) groups is 1. The molecule has 0 aromatic heterocycles. The second-order valence-electron chi connectivity index (χ2n) is 3.49. The van der Waals surface area contributed by atoms with Crippen LogP contribution < -0.4 is 10.6 Å². The largest absolute Gasteiger partial charge is 0.394 e. The molecule has 1 aromatic rings. The van der Waals surface area contributed by atoms with E-state index in [1.54, 1.807) is 13.0 Å². The summed E-state index contributed by atoms with van der Waals surface area (Å²) in [5.74, 6) is 0. The number of amides is 2. The maximum atomic E-state index is 11.4. The predicted octanol–water partition coefficient (Wildman–Crippen LogP) is 1.71. The summed E-state index contributed by atoms with van der Waals surface area (Å²) in [4.78, 5) is 11.4. The molecule has 0 spiro atoms. The number of nitrogens with one attached hydrogen (secondary N) is 2. The Bertz CT molecular complexity index is 457. The van der Waals surface area contributed by atoms with Crippen molar-refractivity contribution >= 4 is 23.3 Å². The Morgan fingerprint density at radius 3 is 2.88 bits per heavy atom.